The average molecular weight is 528 g/mol. The van der Waals surface area contributed by atoms with Gasteiger partial charge in [0, 0.05) is 23.0 Å². The van der Waals surface area contributed by atoms with Crippen LogP contribution < -0.4 is 9.64 Å². The zero-order valence-electron chi connectivity index (χ0n) is 22.2. The molecule has 1 aliphatic heterocycles. The number of hydrogen-bond donors (Lipinski definition) is 0. The van der Waals surface area contributed by atoms with E-state index >= 15 is 0 Å². The van der Waals surface area contributed by atoms with E-state index in [1.165, 1.54) is 0 Å². The molecular weight excluding hydrogens is 502 g/mol. The van der Waals surface area contributed by atoms with Gasteiger partial charge in [-0.2, -0.15) is 0 Å². The molecular formula is C37H25N3O. The Labute approximate surface area is 238 Å². The molecule has 0 unspecified atom stereocenters. The molecule has 4 heteroatoms. The monoisotopic (exact) mass is 527 g/mol. The van der Waals surface area contributed by atoms with Crippen molar-refractivity contribution in [2.45, 2.75) is 0 Å². The Morgan fingerprint density at radius 1 is 0.488 bits per heavy atom. The molecule has 0 N–H and O–H groups in total. The van der Waals surface area contributed by atoms with E-state index < -0.39 is 0 Å². The smallest absolute Gasteiger partial charge is 0.151 e. The topological polar surface area (TPSA) is 29.8 Å². The summed E-state index contributed by atoms with van der Waals surface area (Å²) < 4.78 is 8.38. The predicted octanol–water partition coefficient (Wildman–Crippen LogP) is 9.91. The maximum Gasteiger partial charge on any atom is 0.151 e. The second-order valence-corrected chi connectivity index (χ2v) is 10.1. The number of aromatic nitrogens is 2. The van der Waals surface area contributed by atoms with E-state index in [0.717, 1.165) is 67.9 Å². The number of para-hydroxylation sites is 4. The molecule has 4 nitrogen and oxygen atoms in total. The molecule has 0 fully saturated rings. The summed E-state index contributed by atoms with van der Waals surface area (Å²) in [5, 5.41) is 0. The first-order chi connectivity index (χ1) is 20.3. The van der Waals surface area contributed by atoms with Gasteiger partial charge in [-0.1, -0.05) is 97.1 Å². The lowest BCUT2D eigenvalue weighted by Crippen LogP contribution is -2.15. The second kappa shape index (κ2) is 9.54. The van der Waals surface area contributed by atoms with Crippen molar-refractivity contribution in [3.05, 3.63) is 152 Å². The van der Waals surface area contributed by atoms with E-state index in [4.69, 9.17) is 9.72 Å². The highest BCUT2D eigenvalue weighted by Crippen LogP contribution is 2.50. The first kappa shape index (κ1) is 23.3. The van der Waals surface area contributed by atoms with Crippen molar-refractivity contribution in [1.29, 1.82) is 0 Å². The number of rotatable bonds is 4. The third kappa shape index (κ3) is 3.97. The van der Waals surface area contributed by atoms with Gasteiger partial charge in [0.1, 0.15) is 5.65 Å². The lowest BCUT2D eigenvalue weighted by atomic mass is 10.0. The van der Waals surface area contributed by atoms with Gasteiger partial charge in [-0.25, -0.2) is 4.98 Å². The molecule has 7 aromatic rings. The normalized spacial score (nSPS) is 12.0. The molecule has 0 radical (unpaired) electrons. The SMILES string of the molecule is c1ccc(-c2nc3cc(-c4ccc(N5c6ccccc6Oc6ccccc65)cc4)ccn3c2-c2ccccc2)cc1. The first-order valence-electron chi connectivity index (χ1n) is 13.7. The molecule has 0 saturated carbocycles. The summed E-state index contributed by atoms with van der Waals surface area (Å²) in [6.45, 7) is 0. The quantitative estimate of drug-likeness (QED) is 0.228. The van der Waals surface area contributed by atoms with Gasteiger partial charge in [0.05, 0.1) is 22.8 Å². The molecule has 0 bridgehead atoms. The molecule has 41 heavy (non-hydrogen) atoms. The summed E-state index contributed by atoms with van der Waals surface area (Å²) in [4.78, 5) is 7.39. The van der Waals surface area contributed by atoms with Crippen molar-refractivity contribution < 1.29 is 4.74 Å². The Morgan fingerprint density at radius 2 is 1.07 bits per heavy atom. The number of imidazole rings is 1. The number of ether oxygens (including phenoxy) is 1. The molecule has 1 aliphatic rings. The molecule has 0 spiro atoms. The van der Waals surface area contributed by atoms with Gasteiger partial charge in [-0.3, -0.25) is 4.40 Å². The Morgan fingerprint density at radius 3 is 1.73 bits per heavy atom. The standard InChI is InChI=1S/C37H25N3O/c1-3-11-27(12-4-1)36-37(28-13-5-2-6-14-28)39-24-23-29(25-35(39)38-36)26-19-21-30(22-20-26)40-31-15-7-9-17-33(31)41-34-18-10-8-16-32(34)40/h1-25H. The molecule has 2 aromatic heterocycles. The van der Waals surface area contributed by atoms with E-state index in [1.54, 1.807) is 0 Å². The summed E-state index contributed by atoms with van der Waals surface area (Å²) in [7, 11) is 0. The molecule has 8 rings (SSSR count). The van der Waals surface area contributed by atoms with Crippen LogP contribution in [0.1, 0.15) is 0 Å². The first-order valence-corrected chi connectivity index (χ1v) is 13.7. The van der Waals surface area contributed by atoms with Gasteiger partial charge in [-0.15, -0.1) is 0 Å². The Bertz CT molecular complexity index is 1970. The van der Waals surface area contributed by atoms with Crippen LogP contribution in [-0.2, 0) is 0 Å². The van der Waals surface area contributed by atoms with Crippen LogP contribution in [0.5, 0.6) is 11.5 Å². The van der Waals surface area contributed by atoms with E-state index in [2.05, 4.69) is 113 Å². The molecule has 0 amide bonds. The van der Waals surface area contributed by atoms with E-state index in [9.17, 15) is 0 Å². The minimum absolute atomic E-state index is 0.850. The van der Waals surface area contributed by atoms with Crippen LogP contribution in [-0.4, -0.2) is 9.38 Å². The van der Waals surface area contributed by atoms with Gasteiger partial charge in [0.15, 0.2) is 11.5 Å². The van der Waals surface area contributed by atoms with Crippen LogP contribution in [0.25, 0.3) is 39.3 Å². The van der Waals surface area contributed by atoms with Crippen LogP contribution >= 0.6 is 0 Å². The van der Waals surface area contributed by atoms with E-state index in [0.29, 0.717) is 0 Å². The zero-order chi connectivity index (χ0) is 27.2. The van der Waals surface area contributed by atoms with E-state index in [1.807, 2.05) is 48.5 Å². The minimum Gasteiger partial charge on any atom is -0.453 e. The van der Waals surface area contributed by atoms with Crippen LogP contribution in [0.3, 0.4) is 0 Å². The number of nitrogens with zero attached hydrogens (tertiary/aromatic N) is 3. The van der Waals surface area contributed by atoms with Crippen molar-refractivity contribution in [3.63, 3.8) is 0 Å². The number of anilines is 3. The van der Waals surface area contributed by atoms with Crippen molar-refractivity contribution in [3.8, 4) is 45.1 Å². The fourth-order valence-electron chi connectivity index (χ4n) is 5.68. The number of fused-ring (bicyclic) bond motifs is 3. The third-order valence-corrected chi connectivity index (χ3v) is 7.61. The maximum absolute atomic E-state index is 6.19. The highest BCUT2D eigenvalue weighted by molar-refractivity contribution is 5.87. The molecule has 194 valence electrons. The summed E-state index contributed by atoms with van der Waals surface area (Å²) in [5.74, 6) is 1.70. The van der Waals surface area contributed by atoms with Gasteiger partial charge in [-0.05, 0) is 59.7 Å². The molecule has 0 aliphatic carbocycles. The molecule has 3 heterocycles. The summed E-state index contributed by atoms with van der Waals surface area (Å²) in [6, 6.07) is 50.3. The fourth-order valence-corrected chi connectivity index (χ4v) is 5.68. The Kier molecular flexibility index (Phi) is 5.42. The van der Waals surface area contributed by atoms with Crippen molar-refractivity contribution in [2.75, 3.05) is 4.90 Å². The summed E-state index contributed by atoms with van der Waals surface area (Å²) in [5.41, 5.74) is 10.6. The largest absolute Gasteiger partial charge is 0.453 e. The van der Waals surface area contributed by atoms with Gasteiger partial charge >= 0.3 is 0 Å². The third-order valence-electron chi connectivity index (χ3n) is 7.61. The summed E-state index contributed by atoms with van der Waals surface area (Å²) >= 11 is 0. The molecule has 5 aromatic carbocycles. The van der Waals surface area contributed by atoms with Crippen molar-refractivity contribution in [2.24, 2.45) is 0 Å². The zero-order valence-corrected chi connectivity index (χ0v) is 22.2. The van der Waals surface area contributed by atoms with Gasteiger partial charge < -0.3 is 9.64 Å². The van der Waals surface area contributed by atoms with E-state index in [-0.39, 0.29) is 0 Å². The van der Waals surface area contributed by atoms with Crippen molar-refractivity contribution in [1.82, 2.24) is 9.38 Å². The van der Waals surface area contributed by atoms with Crippen LogP contribution in [0.15, 0.2) is 152 Å². The Hall–Kier alpha value is -5.61. The lowest BCUT2D eigenvalue weighted by Gasteiger charge is -2.32. The Balaban J connectivity index is 1.21. The van der Waals surface area contributed by atoms with Gasteiger partial charge in [0.25, 0.3) is 0 Å². The molecule has 0 saturated heterocycles. The van der Waals surface area contributed by atoms with Crippen LogP contribution in [0, 0.1) is 0 Å². The summed E-state index contributed by atoms with van der Waals surface area (Å²) in [6.07, 6.45) is 2.13. The maximum atomic E-state index is 6.19. The molecule has 0 atom stereocenters. The number of hydrogen-bond acceptors (Lipinski definition) is 3. The fraction of sp³-hybridized carbons (Fsp3) is 0. The highest BCUT2D eigenvalue weighted by Gasteiger charge is 2.25. The second-order valence-electron chi connectivity index (χ2n) is 10.1. The number of benzene rings is 5. The number of pyridine rings is 1. The van der Waals surface area contributed by atoms with Crippen LogP contribution in [0.2, 0.25) is 0 Å². The van der Waals surface area contributed by atoms with Crippen molar-refractivity contribution >= 4 is 22.7 Å². The van der Waals surface area contributed by atoms with Crippen LogP contribution in [0.4, 0.5) is 17.1 Å². The minimum atomic E-state index is 0.850. The van der Waals surface area contributed by atoms with Gasteiger partial charge in [0.2, 0.25) is 0 Å². The highest BCUT2D eigenvalue weighted by atomic mass is 16.5. The lowest BCUT2D eigenvalue weighted by molar-refractivity contribution is 0.477. The average Bonchev–Trinajstić information content (AvgIpc) is 3.43. The predicted molar refractivity (Wildman–Crippen MR) is 166 cm³/mol.